The highest BCUT2D eigenvalue weighted by Crippen LogP contribution is 2.34. The third-order valence-electron chi connectivity index (χ3n) is 1.46. The maximum atomic E-state index is 9.95. The number of phosphoric acid groups is 1. The molecule has 1 rings (SSSR count). The summed E-state index contributed by atoms with van der Waals surface area (Å²) in [5, 5.41) is 0. The van der Waals surface area contributed by atoms with Crippen molar-refractivity contribution in [1.82, 2.24) is 4.73 Å². The van der Waals surface area contributed by atoms with Crippen LogP contribution in [-0.2, 0) is 13.6 Å². The van der Waals surface area contributed by atoms with Crippen LogP contribution in [-0.4, -0.2) is 33.2 Å². The van der Waals surface area contributed by atoms with Gasteiger partial charge in [-0.1, -0.05) is 0 Å². The highest BCUT2D eigenvalue weighted by molar-refractivity contribution is 7.45. The fraction of sp³-hybridized carbons (Fsp3) is 0.571. The van der Waals surface area contributed by atoms with Gasteiger partial charge in [0.05, 0.1) is 0 Å². The normalized spacial score (nSPS) is 10.3. The molecule has 0 aromatic carbocycles. The molecular formula is C7H15N2O6P. The standard InChI is InChI=1S/C5H9N2O2.C2H7O4P/c1-8-6-3-4-7(5-6)9-2;1-5-7(3,4)6-2/h3-5H,1-2H3;1-2H3,(H,3,4)/q+1;/p-1. The van der Waals surface area contributed by atoms with E-state index in [0.717, 1.165) is 14.2 Å². The molecule has 0 radical (unpaired) electrons. The van der Waals surface area contributed by atoms with Crippen LogP contribution in [0.15, 0.2) is 18.7 Å². The second-order valence-electron chi connectivity index (χ2n) is 2.31. The Hall–Kier alpha value is -1.08. The van der Waals surface area contributed by atoms with Crippen LogP contribution in [0.1, 0.15) is 0 Å². The number of hydrogen-bond acceptors (Lipinski definition) is 6. The SMILES string of the molecule is COP(=O)([O-])OC.COn1cc[n+](OC)c1. The summed E-state index contributed by atoms with van der Waals surface area (Å²) in [5.74, 6) is 0. The molecule has 94 valence electrons. The molecule has 8 nitrogen and oxygen atoms in total. The lowest BCUT2D eigenvalue weighted by atomic mass is 11.0. The van der Waals surface area contributed by atoms with Crippen LogP contribution in [0.25, 0.3) is 0 Å². The zero-order valence-electron chi connectivity index (χ0n) is 9.52. The molecule has 0 N–H and O–H groups in total. The molecule has 16 heavy (non-hydrogen) atoms. The molecule has 0 aliphatic heterocycles. The third kappa shape index (κ3) is 5.72. The molecule has 1 aromatic rings. The lowest BCUT2D eigenvalue weighted by Crippen LogP contribution is -2.38. The average Bonchev–Trinajstić information content (AvgIpc) is 2.77. The first-order chi connectivity index (χ1) is 7.49. The van der Waals surface area contributed by atoms with Crippen molar-refractivity contribution in [1.29, 1.82) is 0 Å². The van der Waals surface area contributed by atoms with E-state index in [1.807, 2.05) is 0 Å². The highest BCUT2D eigenvalue weighted by Gasteiger charge is 1.99. The molecule has 0 amide bonds. The summed E-state index contributed by atoms with van der Waals surface area (Å²) in [6.45, 7) is 0. The number of imidazole rings is 1. The van der Waals surface area contributed by atoms with Crippen LogP contribution in [0.2, 0.25) is 0 Å². The van der Waals surface area contributed by atoms with Gasteiger partial charge in [0.25, 0.3) is 7.82 Å². The highest BCUT2D eigenvalue weighted by atomic mass is 31.2. The maximum absolute atomic E-state index is 9.95. The fourth-order valence-electron chi connectivity index (χ4n) is 0.611. The van der Waals surface area contributed by atoms with Gasteiger partial charge in [-0.05, 0) is 9.46 Å². The molecular weight excluding hydrogens is 239 g/mol. The summed E-state index contributed by atoms with van der Waals surface area (Å²) >= 11 is 0. The van der Waals surface area contributed by atoms with E-state index in [1.165, 1.54) is 9.46 Å². The second-order valence-corrected chi connectivity index (χ2v) is 3.94. The molecule has 1 heterocycles. The number of phosphoric ester groups is 1. The predicted molar refractivity (Wildman–Crippen MR) is 51.3 cm³/mol. The Labute approximate surface area is 93.5 Å². The zero-order valence-corrected chi connectivity index (χ0v) is 10.4. The topological polar surface area (TPSA) is 85.9 Å². The van der Waals surface area contributed by atoms with Crippen LogP contribution in [0, 0.1) is 0 Å². The molecule has 0 aliphatic rings. The van der Waals surface area contributed by atoms with Gasteiger partial charge in [-0.25, -0.2) is 0 Å². The molecule has 0 spiro atoms. The second kappa shape index (κ2) is 7.24. The maximum Gasteiger partial charge on any atom is 0.323 e. The Kier molecular flexibility index (Phi) is 6.75. The van der Waals surface area contributed by atoms with Gasteiger partial charge in [-0.15, -0.1) is 0 Å². The largest absolute Gasteiger partial charge is 0.756 e. The lowest BCUT2D eigenvalue weighted by molar-refractivity contribution is -0.885. The van der Waals surface area contributed by atoms with E-state index in [0.29, 0.717) is 0 Å². The fourth-order valence-corrected chi connectivity index (χ4v) is 0.760. The van der Waals surface area contributed by atoms with Gasteiger partial charge < -0.3 is 23.6 Å². The van der Waals surface area contributed by atoms with Crippen LogP contribution < -0.4 is 19.3 Å². The van der Waals surface area contributed by atoms with E-state index < -0.39 is 7.82 Å². The summed E-state index contributed by atoms with van der Waals surface area (Å²) in [6.07, 6.45) is 5.15. The number of aromatic nitrogens is 2. The minimum absolute atomic E-state index is 1.04. The Morgan fingerprint density at radius 2 is 1.81 bits per heavy atom. The minimum atomic E-state index is -3.90. The van der Waals surface area contributed by atoms with Crippen molar-refractivity contribution in [3.05, 3.63) is 18.7 Å². The van der Waals surface area contributed by atoms with Crippen molar-refractivity contribution in [3.63, 3.8) is 0 Å². The van der Waals surface area contributed by atoms with E-state index in [-0.39, 0.29) is 0 Å². The Balaban J connectivity index is 0.000000293. The Morgan fingerprint density at radius 3 is 2.00 bits per heavy atom. The van der Waals surface area contributed by atoms with Crippen LogP contribution in [0.5, 0.6) is 0 Å². The van der Waals surface area contributed by atoms with Gasteiger partial charge in [-0.2, -0.15) is 0 Å². The van der Waals surface area contributed by atoms with Crippen LogP contribution >= 0.6 is 7.82 Å². The van der Waals surface area contributed by atoms with Crippen molar-refractivity contribution in [2.45, 2.75) is 0 Å². The van der Waals surface area contributed by atoms with Crippen molar-refractivity contribution >= 4 is 7.82 Å². The Morgan fingerprint density at radius 1 is 1.25 bits per heavy atom. The van der Waals surface area contributed by atoms with Crippen molar-refractivity contribution in [2.24, 2.45) is 0 Å². The molecule has 0 aliphatic carbocycles. The molecule has 0 saturated heterocycles. The van der Waals surface area contributed by atoms with Crippen molar-refractivity contribution in [2.75, 3.05) is 28.4 Å². The summed E-state index contributed by atoms with van der Waals surface area (Å²) < 4.78 is 20.7. The van der Waals surface area contributed by atoms with Gasteiger partial charge in [0.2, 0.25) is 0 Å². The van der Waals surface area contributed by atoms with E-state index in [4.69, 9.17) is 9.68 Å². The molecule has 0 atom stereocenters. The molecule has 9 heteroatoms. The first-order valence-corrected chi connectivity index (χ1v) is 5.56. The summed E-state index contributed by atoms with van der Waals surface area (Å²) in [4.78, 5) is 19.6. The van der Waals surface area contributed by atoms with Crippen LogP contribution in [0.3, 0.4) is 0 Å². The Bertz CT molecular complexity index is 315. The summed E-state index contributed by atoms with van der Waals surface area (Å²) in [5.41, 5.74) is 0. The van der Waals surface area contributed by atoms with Crippen LogP contribution in [0.4, 0.5) is 0 Å². The van der Waals surface area contributed by atoms with E-state index >= 15 is 0 Å². The molecule has 0 unspecified atom stereocenters. The molecule has 0 bridgehead atoms. The molecule has 0 fully saturated rings. The molecule has 0 saturated carbocycles. The number of rotatable bonds is 4. The van der Waals surface area contributed by atoms with Crippen molar-refractivity contribution < 1.29 is 32.9 Å². The smallest absolute Gasteiger partial charge is 0.323 e. The van der Waals surface area contributed by atoms with Gasteiger partial charge in [-0.3, -0.25) is 4.57 Å². The van der Waals surface area contributed by atoms with Gasteiger partial charge in [0.1, 0.15) is 14.2 Å². The lowest BCUT2D eigenvalue weighted by Gasteiger charge is -2.16. The van der Waals surface area contributed by atoms with E-state index in [2.05, 4.69) is 9.05 Å². The van der Waals surface area contributed by atoms with E-state index in [1.54, 1.807) is 32.9 Å². The first-order valence-electron chi connectivity index (χ1n) is 4.09. The zero-order chi connectivity index (χ0) is 12.6. The number of hydrogen-bond donors (Lipinski definition) is 0. The predicted octanol–water partition coefficient (Wildman–Crippen LogP) is -1.36. The van der Waals surface area contributed by atoms with Crippen molar-refractivity contribution in [3.8, 4) is 0 Å². The van der Waals surface area contributed by atoms with Gasteiger partial charge in [0.15, 0.2) is 12.4 Å². The minimum Gasteiger partial charge on any atom is -0.756 e. The third-order valence-corrected chi connectivity index (χ3v) is 2.35. The van der Waals surface area contributed by atoms with E-state index in [9.17, 15) is 9.46 Å². The quantitative estimate of drug-likeness (QED) is 0.487. The molecule has 1 aromatic heterocycles. The first kappa shape index (κ1) is 14.9. The van der Waals surface area contributed by atoms with Gasteiger partial charge >= 0.3 is 6.33 Å². The average molecular weight is 254 g/mol. The number of nitrogens with zero attached hydrogens (tertiary/aromatic N) is 2. The van der Waals surface area contributed by atoms with Gasteiger partial charge in [0, 0.05) is 14.2 Å². The summed E-state index contributed by atoms with van der Waals surface area (Å²) in [7, 11) is 1.34. The monoisotopic (exact) mass is 254 g/mol. The summed E-state index contributed by atoms with van der Waals surface area (Å²) in [6, 6.07) is 0.